The average molecular weight is 227 g/mol. The standard InChI is InChI=1S/C11H15ClN2O/c12-11-7-13-9(6-14-11)8-15-10-4-2-1-3-5-10/h6-7,10H,1-5,8H2. The third kappa shape index (κ3) is 3.43. The zero-order chi connectivity index (χ0) is 10.5. The second kappa shape index (κ2) is 5.42. The topological polar surface area (TPSA) is 35.0 Å². The Bertz CT molecular complexity index is 296. The van der Waals surface area contributed by atoms with Crippen molar-refractivity contribution >= 4 is 11.6 Å². The van der Waals surface area contributed by atoms with Crippen LogP contribution < -0.4 is 0 Å². The SMILES string of the molecule is Clc1cnc(COC2CCCCC2)cn1. The first-order valence-electron chi connectivity index (χ1n) is 5.42. The molecule has 0 radical (unpaired) electrons. The second-order valence-corrected chi connectivity index (χ2v) is 4.29. The molecule has 0 aromatic carbocycles. The van der Waals surface area contributed by atoms with E-state index in [2.05, 4.69) is 9.97 Å². The van der Waals surface area contributed by atoms with Crippen LogP contribution in [0, 0.1) is 0 Å². The van der Waals surface area contributed by atoms with Gasteiger partial charge in [-0.15, -0.1) is 0 Å². The van der Waals surface area contributed by atoms with Crippen LogP contribution in [-0.4, -0.2) is 16.1 Å². The summed E-state index contributed by atoms with van der Waals surface area (Å²) in [4.78, 5) is 8.11. The molecule has 0 unspecified atom stereocenters. The van der Waals surface area contributed by atoms with Crippen LogP contribution in [0.3, 0.4) is 0 Å². The third-order valence-electron chi connectivity index (χ3n) is 2.69. The maximum atomic E-state index is 5.76. The summed E-state index contributed by atoms with van der Waals surface area (Å²) in [6.45, 7) is 0.550. The van der Waals surface area contributed by atoms with Crippen LogP contribution in [0.2, 0.25) is 5.15 Å². The number of hydrogen-bond donors (Lipinski definition) is 0. The van der Waals surface area contributed by atoms with Crippen molar-refractivity contribution in [2.24, 2.45) is 0 Å². The molecule has 4 heteroatoms. The van der Waals surface area contributed by atoms with E-state index >= 15 is 0 Å². The van der Waals surface area contributed by atoms with Gasteiger partial charge in [0.15, 0.2) is 0 Å². The predicted octanol–water partition coefficient (Wildman–Crippen LogP) is 2.98. The summed E-state index contributed by atoms with van der Waals surface area (Å²) in [5, 5.41) is 0.427. The maximum absolute atomic E-state index is 5.76. The van der Waals surface area contributed by atoms with Gasteiger partial charge in [-0.2, -0.15) is 0 Å². The second-order valence-electron chi connectivity index (χ2n) is 3.90. The van der Waals surface area contributed by atoms with Gasteiger partial charge in [0.1, 0.15) is 5.15 Å². The molecule has 3 nitrogen and oxygen atoms in total. The van der Waals surface area contributed by atoms with Gasteiger partial charge in [0, 0.05) is 0 Å². The molecule has 82 valence electrons. The molecule has 15 heavy (non-hydrogen) atoms. The first-order valence-corrected chi connectivity index (χ1v) is 5.80. The van der Waals surface area contributed by atoms with E-state index in [1.807, 2.05) is 0 Å². The quantitative estimate of drug-likeness (QED) is 0.795. The molecule has 1 fully saturated rings. The van der Waals surface area contributed by atoms with Crippen LogP contribution >= 0.6 is 11.6 Å². The lowest BCUT2D eigenvalue weighted by atomic mass is 9.98. The summed E-state index contributed by atoms with van der Waals surface area (Å²) in [7, 11) is 0. The molecular weight excluding hydrogens is 212 g/mol. The Hall–Kier alpha value is -0.670. The number of aromatic nitrogens is 2. The van der Waals surface area contributed by atoms with E-state index < -0.39 is 0 Å². The van der Waals surface area contributed by atoms with Crippen molar-refractivity contribution in [2.45, 2.75) is 44.8 Å². The minimum atomic E-state index is 0.413. The minimum absolute atomic E-state index is 0.413. The third-order valence-corrected chi connectivity index (χ3v) is 2.89. The van der Waals surface area contributed by atoms with Crippen molar-refractivity contribution in [3.8, 4) is 0 Å². The summed E-state index contributed by atoms with van der Waals surface area (Å²) in [6, 6.07) is 0. The molecule has 0 N–H and O–H groups in total. The molecule has 2 rings (SSSR count). The highest BCUT2D eigenvalue weighted by molar-refractivity contribution is 6.29. The zero-order valence-corrected chi connectivity index (χ0v) is 9.41. The number of rotatable bonds is 3. The largest absolute Gasteiger partial charge is 0.372 e. The van der Waals surface area contributed by atoms with Crippen LogP contribution in [0.5, 0.6) is 0 Å². The summed E-state index contributed by atoms with van der Waals surface area (Å²) < 4.78 is 5.76. The van der Waals surface area contributed by atoms with Gasteiger partial charge < -0.3 is 4.74 Å². The molecule has 0 atom stereocenters. The van der Waals surface area contributed by atoms with E-state index in [0.29, 0.717) is 17.9 Å². The molecule has 1 aliphatic carbocycles. The number of nitrogens with zero attached hydrogens (tertiary/aromatic N) is 2. The number of ether oxygens (including phenoxy) is 1. The van der Waals surface area contributed by atoms with Crippen molar-refractivity contribution in [1.29, 1.82) is 0 Å². The maximum Gasteiger partial charge on any atom is 0.147 e. The highest BCUT2D eigenvalue weighted by Gasteiger charge is 2.13. The van der Waals surface area contributed by atoms with Gasteiger partial charge in [-0.3, -0.25) is 4.98 Å². The Kier molecular flexibility index (Phi) is 3.92. The van der Waals surface area contributed by atoms with Gasteiger partial charge in [0.2, 0.25) is 0 Å². The fourth-order valence-electron chi connectivity index (χ4n) is 1.85. The molecule has 1 aromatic heterocycles. The number of halogens is 1. The van der Waals surface area contributed by atoms with E-state index in [1.54, 1.807) is 12.4 Å². The van der Waals surface area contributed by atoms with E-state index in [4.69, 9.17) is 16.3 Å². The molecule has 0 bridgehead atoms. The summed E-state index contributed by atoms with van der Waals surface area (Å²) in [5.41, 5.74) is 0.852. The smallest absolute Gasteiger partial charge is 0.147 e. The van der Waals surface area contributed by atoms with Crippen LogP contribution in [-0.2, 0) is 11.3 Å². The Morgan fingerprint density at radius 3 is 2.67 bits per heavy atom. The van der Waals surface area contributed by atoms with Crippen LogP contribution in [0.4, 0.5) is 0 Å². The first kappa shape index (κ1) is 10.8. The monoisotopic (exact) mass is 226 g/mol. The van der Waals surface area contributed by atoms with Crippen LogP contribution in [0.1, 0.15) is 37.8 Å². The summed E-state index contributed by atoms with van der Waals surface area (Å²) in [5.74, 6) is 0. The van der Waals surface area contributed by atoms with E-state index in [0.717, 1.165) is 5.69 Å². The molecular formula is C11H15ClN2O. The molecule has 1 saturated carbocycles. The average Bonchev–Trinajstić information content (AvgIpc) is 2.30. The molecule has 1 aliphatic rings. The van der Waals surface area contributed by atoms with Gasteiger partial charge in [0.25, 0.3) is 0 Å². The number of hydrogen-bond acceptors (Lipinski definition) is 3. The molecule has 0 spiro atoms. The van der Waals surface area contributed by atoms with Crippen molar-refractivity contribution in [2.75, 3.05) is 0 Å². The van der Waals surface area contributed by atoms with E-state index in [9.17, 15) is 0 Å². The van der Waals surface area contributed by atoms with Crippen LogP contribution in [0.15, 0.2) is 12.4 Å². The lowest BCUT2D eigenvalue weighted by Gasteiger charge is -2.21. The molecule has 0 saturated heterocycles. The normalized spacial score (nSPS) is 17.9. The van der Waals surface area contributed by atoms with Crippen molar-refractivity contribution in [1.82, 2.24) is 9.97 Å². The van der Waals surface area contributed by atoms with Gasteiger partial charge in [-0.25, -0.2) is 4.98 Å². The van der Waals surface area contributed by atoms with Crippen molar-refractivity contribution in [3.05, 3.63) is 23.2 Å². The molecule has 1 heterocycles. The Morgan fingerprint density at radius 1 is 1.20 bits per heavy atom. The Morgan fingerprint density at radius 2 is 2.00 bits per heavy atom. The summed E-state index contributed by atoms with van der Waals surface area (Å²) >= 11 is 5.65. The van der Waals surface area contributed by atoms with Crippen LogP contribution in [0.25, 0.3) is 0 Å². The van der Waals surface area contributed by atoms with Gasteiger partial charge >= 0.3 is 0 Å². The Labute approximate surface area is 94.8 Å². The highest BCUT2D eigenvalue weighted by atomic mass is 35.5. The fraction of sp³-hybridized carbons (Fsp3) is 0.636. The van der Waals surface area contributed by atoms with Crippen molar-refractivity contribution in [3.63, 3.8) is 0 Å². The first-order chi connectivity index (χ1) is 7.34. The molecule has 0 amide bonds. The van der Waals surface area contributed by atoms with E-state index in [-0.39, 0.29) is 0 Å². The summed E-state index contributed by atoms with van der Waals surface area (Å²) in [6.07, 6.45) is 9.93. The Balaban J connectivity index is 1.79. The predicted molar refractivity (Wildman–Crippen MR) is 58.7 cm³/mol. The molecule has 0 aliphatic heterocycles. The lowest BCUT2D eigenvalue weighted by molar-refractivity contribution is 0.0151. The van der Waals surface area contributed by atoms with Gasteiger partial charge in [0.05, 0.1) is 30.8 Å². The van der Waals surface area contributed by atoms with Crippen molar-refractivity contribution < 1.29 is 4.74 Å². The highest BCUT2D eigenvalue weighted by Crippen LogP contribution is 2.21. The van der Waals surface area contributed by atoms with Gasteiger partial charge in [-0.1, -0.05) is 30.9 Å². The van der Waals surface area contributed by atoms with Gasteiger partial charge in [-0.05, 0) is 12.8 Å². The molecule has 1 aromatic rings. The van der Waals surface area contributed by atoms with E-state index in [1.165, 1.54) is 32.1 Å². The fourth-order valence-corrected chi connectivity index (χ4v) is 1.95. The lowest BCUT2D eigenvalue weighted by Crippen LogP contribution is -2.16. The zero-order valence-electron chi connectivity index (χ0n) is 8.66. The minimum Gasteiger partial charge on any atom is -0.372 e.